The van der Waals surface area contributed by atoms with Crippen LogP contribution in [0.1, 0.15) is 0 Å². The van der Waals surface area contributed by atoms with Crippen LogP contribution in [-0.4, -0.2) is 40.5 Å². The van der Waals surface area contributed by atoms with Gasteiger partial charge in [0, 0.05) is 20.8 Å². The first-order valence-corrected chi connectivity index (χ1v) is 4.00. The molecule has 2 N–H and O–H groups in total. The topological polar surface area (TPSA) is 192 Å². The average molecular weight is 305 g/mol. The molecule has 0 aromatic carbocycles. The minimum Gasteiger partial charge on any atom is -0.759 e. The van der Waals surface area contributed by atoms with E-state index in [1.54, 1.807) is 0 Å². The Morgan fingerprint density at radius 3 is 0.692 bits per heavy atom. The van der Waals surface area contributed by atoms with Crippen LogP contribution in [-0.2, 0) is 37.9 Å². The standard InChI is InChI=1S/Fe.K.2H2O4S.H2O/c;;2*1-5(2,3)4;/h;;2*(H2,1,2,3,4);1H2/q+3;+1;;;/p-4. The fraction of sp³-hybridized carbons (Fsp3) is 0. The maximum absolute atomic E-state index is 8.52. The van der Waals surface area contributed by atoms with Crippen LogP contribution < -0.4 is 51.4 Å². The van der Waals surface area contributed by atoms with Gasteiger partial charge in [-0.2, -0.15) is 0 Å². The van der Waals surface area contributed by atoms with E-state index in [1.807, 2.05) is 0 Å². The minimum atomic E-state index is -5.17. The van der Waals surface area contributed by atoms with Crippen molar-refractivity contribution >= 4 is 20.8 Å². The van der Waals surface area contributed by atoms with E-state index in [2.05, 4.69) is 0 Å². The molecule has 0 saturated heterocycles. The first-order chi connectivity index (χ1) is 4.00. The molecule has 0 atom stereocenters. The molecule has 0 aliphatic rings. The maximum atomic E-state index is 8.52. The molecule has 0 aliphatic heterocycles. The SMILES string of the molecule is O.O=S(=O)([O-])[O-].O=S(=O)([O-])[O-].[Fe+3].[K+]. The van der Waals surface area contributed by atoms with Gasteiger partial charge < -0.3 is 23.7 Å². The third-order valence-electron chi connectivity index (χ3n) is 0. The summed E-state index contributed by atoms with van der Waals surface area (Å²) >= 11 is 0. The molecule has 0 aromatic heterocycles. The van der Waals surface area contributed by atoms with Gasteiger partial charge in [0.15, 0.2) is 0 Å². The summed E-state index contributed by atoms with van der Waals surface area (Å²) in [6.45, 7) is 0. The second kappa shape index (κ2) is 11.9. The summed E-state index contributed by atoms with van der Waals surface area (Å²) in [6.07, 6.45) is 0. The summed E-state index contributed by atoms with van der Waals surface area (Å²) in [6, 6.07) is 0. The summed E-state index contributed by atoms with van der Waals surface area (Å²) in [7, 11) is -10.3. The Morgan fingerprint density at radius 1 is 0.692 bits per heavy atom. The Kier molecular flexibility index (Phi) is 26.9. The molecule has 0 bridgehead atoms. The van der Waals surface area contributed by atoms with E-state index in [9.17, 15) is 0 Å². The Hall–Kier alpha value is 1.86. The summed E-state index contributed by atoms with van der Waals surface area (Å²) in [5, 5.41) is 0. The van der Waals surface area contributed by atoms with Gasteiger partial charge in [-0.05, 0) is 0 Å². The number of hydrogen-bond acceptors (Lipinski definition) is 8. The molecule has 13 heavy (non-hydrogen) atoms. The molecule has 9 nitrogen and oxygen atoms in total. The third kappa shape index (κ3) is 565. The van der Waals surface area contributed by atoms with Crippen LogP contribution in [0.4, 0.5) is 0 Å². The van der Waals surface area contributed by atoms with Crippen molar-refractivity contribution in [3.05, 3.63) is 0 Å². The monoisotopic (exact) mass is 305 g/mol. The molecular weight excluding hydrogens is 303 g/mol. The molecule has 13 heteroatoms. The molecule has 0 unspecified atom stereocenters. The van der Waals surface area contributed by atoms with Crippen LogP contribution >= 0.6 is 0 Å². The smallest absolute Gasteiger partial charge is 0.759 e. The van der Waals surface area contributed by atoms with E-state index in [1.165, 1.54) is 0 Å². The molecule has 0 aliphatic carbocycles. The number of hydrogen-bond donors (Lipinski definition) is 0. The minimum absolute atomic E-state index is 0. The van der Waals surface area contributed by atoms with Crippen LogP contribution in [0.5, 0.6) is 0 Å². The molecule has 0 spiro atoms. The van der Waals surface area contributed by atoms with Crippen LogP contribution in [0.15, 0.2) is 0 Å². The van der Waals surface area contributed by atoms with E-state index in [0.717, 1.165) is 0 Å². The van der Waals surface area contributed by atoms with Crippen molar-refractivity contribution in [1.29, 1.82) is 0 Å². The molecular formula is H2FeKO9S2. The fourth-order valence-corrected chi connectivity index (χ4v) is 0. The van der Waals surface area contributed by atoms with Gasteiger partial charge in [0.25, 0.3) is 0 Å². The molecule has 1 radical (unpaired) electrons. The van der Waals surface area contributed by atoms with E-state index >= 15 is 0 Å². The van der Waals surface area contributed by atoms with Gasteiger partial charge in [0.05, 0.1) is 0 Å². The molecule has 0 rings (SSSR count). The summed E-state index contributed by atoms with van der Waals surface area (Å²) in [4.78, 5) is 0. The van der Waals surface area contributed by atoms with Gasteiger partial charge in [-0.3, -0.25) is 16.8 Å². The van der Waals surface area contributed by atoms with Crippen molar-refractivity contribution in [3.8, 4) is 0 Å². The zero-order valence-corrected chi connectivity index (χ0v) is 11.8. The largest absolute Gasteiger partial charge is 3.00 e. The van der Waals surface area contributed by atoms with Gasteiger partial charge >= 0.3 is 68.5 Å². The van der Waals surface area contributed by atoms with Crippen molar-refractivity contribution in [2.45, 2.75) is 0 Å². The van der Waals surface area contributed by atoms with Crippen molar-refractivity contribution in [2.75, 3.05) is 0 Å². The van der Waals surface area contributed by atoms with Gasteiger partial charge in [-0.25, -0.2) is 0 Å². The molecule has 0 amide bonds. The quantitative estimate of drug-likeness (QED) is 0.239. The van der Waals surface area contributed by atoms with E-state index in [0.29, 0.717) is 0 Å². The molecule has 77 valence electrons. The average Bonchev–Trinajstić information content (AvgIpc) is 1.12. The fourth-order valence-electron chi connectivity index (χ4n) is 0. The van der Waals surface area contributed by atoms with Crippen LogP contribution in [0.25, 0.3) is 0 Å². The summed E-state index contributed by atoms with van der Waals surface area (Å²) < 4.78 is 68.2. The predicted molar refractivity (Wildman–Crippen MR) is 24.6 cm³/mol. The van der Waals surface area contributed by atoms with Gasteiger partial charge in [-0.15, -0.1) is 0 Å². The Bertz CT molecular complexity index is 214. The molecule has 0 saturated carbocycles. The van der Waals surface area contributed by atoms with Crippen molar-refractivity contribution < 1.29 is 109 Å². The first-order valence-electron chi connectivity index (χ1n) is 1.33. The second-order valence-corrected chi connectivity index (χ2v) is 2.45. The zero-order valence-electron chi connectivity index (χ0n) is 5.94. The molecule has 0 heterocycles. The normalized spacial score (nSPS) is 8.92. The summed E-state index contributed by atoms with van der Waals surface area (Å²) in [5.74, 6) is 0. The molecule has 0 aromatic rings. The van der Waals surface area contributed by atoms with Crippen molar-refractivity contribution in [2.24, 2.45) is 0 Å². The van der Waals surface area contributed by atoms with Gasteiger partial charge in [-0.1, -0.05) is 0 Å². The van der Waals surface area contributed by atoms with Gasteiger partial charge in [0.2, 0.25) is 0 Å². The van der Waals surface area contributed by atoms with Gasteiger partial charge in [0.1, 0.15) is 0 Å². The van der Waals surface area contributed by atoms with Crippen LogP contribution in [0.3, 0.4) is 0 Å². The van der Waals surface area contributed by atoms with E-state index in [-0.39, 0.29) is 73.9 Å². The Balaban J connectivity index is -0.0000000267. The van der Waals surface area contributed by atoms with Crippen molar-refractivity contribution in [3.63, 3.8) is 0 Å². The Labute approximate surface area is 128 Å². The van der Waals surface area contributed by atoms with Crippen LogP contribution in [0.2, 0.25) is 0 Å². The van der Waals surface area contributed by atoms with Crippen molar-refractivity contribution in [1.82, 2.24) is 0 Å². The summed E-state index contributed by atoms with van der Waals surface area (Å²) in [5.41, 5.74) is 0. The van der Waals surface area contributed by atoms with Crippen LogP contribution in [0, 0.1) is 0 Å². The first kappa shape index (κ1) is 29.4. The number of rotatable bonds is 0. The second-order valence-electron chi connectivity index (χ2n) is 0.816. The van der Waals surface area contributed by atoms with E-state index < -0.39 is 20.8 Å². The predicted octanol–water partition coefficient (Wildman–Crippen LogP) is -6.50. The zero-order chi connectivity index (χ0) is 9.00. The Morgan fingerprint density at radius 2 is 0.692 bits per heavy atom. The maximum Gasteiger partial charge on any atom is 3.00 e. The van der Waals surface area contributed by atoms with E-state index in [4.69, 9.17) is 35.0 Å². The third-order valence-corrected chi connectivity index (χ3v) is 0. The molecule has 0 fully saturated rings.